The minimum absolute atomic E-state index is 0.771. The molecule has 0 aromatic heterocycles. The van der Waals surface area contributed by atoms with E-state index < -0.39 is 0 Å². The minimum atomic E-state index is 0.771. The first-order valence-electron chi connectivity index (χ1n) is 19.9. The average molecular weight is 621 g/mol. The van der Waals surface area contributed by atoms with Crippen molar-refractivity contribution in [3.05, 3.63) is 12.7 Å². The van der Waals surface area contributed by atoms with Crippen LogP contribution in [0, 0.1) is 0 Å². The molecule has 2 nitrogen and oxygen atoms in total. The van der Waals surface area contributed by atoms with Crippen molar-refractivity contribution in [3.8, 4) is 0 Å². The van der Waals surface area contributed by atoms with Gasteiger partial charge in [0, 0.05) is 19.6 Å². The van der Waals surface area contributed by atoms with E-state index >= 15 is 0 Å². The fraction of sp³-hybridized carbons (Fsp3) is 0.925. The smallest absolute Gasteiger partial charge is 0.169 e. The van der Waals surface area contributed by atoms with Gasteiger partial charge < -0.3 is 10.2 Å². The summed E-state index contributed by atoms with van der Waals surface area (Å²) in [7, 11) is 0. The molecule has 3 heteroatoms. The van der Waals surface area contributed by atoms with Crippen LogP contribution in [0.3, 0.4) is 0 Å². The van der Waals surface area contributed by atoms with E-state index in [4.69, 9.17) is 12.2 Å². The number of unbranched alkanes of at least 4 members (excludes halogenated alkanes) is 30. The van der Waals surface area contributed by atoms with E-state index in [1.807, 2.05) is 6.08 Å². The molecule has 43 heavy (non-hydrogen) atoms. The highest BCUT2D eigenvalue weighted by molar-refractivity contribution is 7.80. The van der Waals surface area contributed by atoms with Crippen LogP contribution in [-0.2, 0) is 0 Å². The Hall–Kier alpha value is -0.570. The Morgan fingerprint density at radius 2 is 0.674 bits per heavy atom. The van der Waals surface area contributed by atoms with E-state index in [0.717, 1.165) is 24.7 Å². The summed E-state index contributed by atoms with van der Waals surface area (Å²) in [5.41, 5.74) is 0. The lowest BCUT2D eigenvalue weighted by atomic mass is 10.0. The zero-order valence-electron chi connectivity index (χ0n) is 29.9. The van der Waals surface area contributed by atoms with E-state index in [-0.39, 0.29) is 0 Å². The Labute approximate surface area is 278 Å². The lowest BCUT2D eigenvalue weighted by Crippen LogP contribution is -2.40. The van der Waals surface area contributed by atoms with Gasteiger partial charge in [-0.1, -0.05) is 213 Å². The number of rotatable bonds is 36. The maximum atomic E-state index is 5.73. The highest BCUT2D eigenvalue weighted by atomic mass is 32.1. The van der Waals surface area contributed by atoms with Crippen LogP contribution in [0.25, 0.3) is 0 Å². The van der Waals surface area contributed by atoms with Crippen LogP contribution in [0.2, 0.25) is 0 Å². The number of nitrogens with zero attached hydrogens (tertiary/aromatic N) is 1. The molecule has 0 saturated carbocycles. The quantitative estimate of drug-likeness (QED) is 0.0426. The van der Waals surface area contributed by atoms with Gasteiger partial charge in [0.2, 0.25) is 0 Å². The molecule has 0 atom stereocenters. The molecule has 0 rings (SSSR count). The van der Waals surface area contributed by atoms with Crippen LogP contribution in [0.15, 0.2) is 12.7 Å². The highest BCUT2D eigenvalue weighted by Crippen LogP contribution is 2.16. The standard InChI is InChI=1S/C40H80N2S/c1-4-7-9-11-13-15-17-19-21-23-25-27-29-31-33-35-38-42(40(43)41-37-6-3)39-36-34-32-30-28-26-24-22-20-18-16-14-12-10-8-5-2/h6H,3-5,7-39H2,1-2H3,(H,41,43). The summed E-state index contributed by atoms with van der Waals surface area (Å²) in [6.45, 7) is 11.4. The van der Waals surface area contributed by atoms with Gasteiger partial charge in [-0.15, -0.1) is 6.58 Å². The normalized spacial score (nSPS) is 11.2. The summed E-state index contributed by atoms with van der Waals surface area (Å²) in [6, 6.07) is 0. The second kappa shape index (κ2) is 37.6. The average Bonchev–Trinajstić information content (AvgIpc) is 3.02. The van der Waals surface area contributed by atoms with Crippen LogP contribution in [0.5, 0.6) is 0 Å². The number of thiocarbonyl (C=S) groups is 1. The van der Waals surface area contributed by atoms with E-state index in [0.29, 0.717) is 0 Å². The summed E-state index contributed by atoms with van der Waals surface area (Å²) in [5.74, 6) is 0. The van der Waals surface area contributed by atoms with Gasteiger partial charge in [-0.2, -0.15) is 0 Å². The number of hydrogen-bond donors (Lipinski definition) is 1. The maximum Gasteiger partial charge on any atom is 0.169 e. The molecular weight excluding hydrogens is 541 g/mol. The largest absolute Gasteiger partial charge is 0.359 e. The van der Waals surface area contributed by atoms with Gasteiger partial charge >= 0.3 is 0 Å². The van der Waals surface area contributed by atoms with Crippen molar-refractivity contribution < 1.29 is 0 Å². The van der Waals surface area contributed by atoms with Gasteiger partial charge in [0.15, 0.2) is 5.11 Å². The molecule has 0 aliphatic carbocycles. The van der Waals surface area contributed by atoms with Crippen molar-refractivity contribution in [3.63, 3.8) is 0 Å². The lowest BCUT2D eigenvalue weighted by Gasteiger charge is -2.25. The lowest BCUT2D eigenvalue weighted by molar-refractivity contribution is 0.379. The van der Waals surface area contributed by atoms with E-state index in [1.54, 1.807) is 0 Å². The van der Waals surface area contributed by atoms with Crippen molar-refractivity contribution in [1.29, 1.82) is 0 Å². The van der Waals surface area contributed by atoms with Gasteiger partial charge in [0.05, 0.1) is 0 Å². The predicted molar refractivity (Wildman–Crippen MR) is 201 cm³/mol. The zero-order valence-corrected chi connectivity index (χ0v) is 30.7. The first-order valence-corrected chi connectivity index (χ1v) is 20.3. The molecule has 0 radical (unpaired) electrons. The number of nitrogens with one attached hydrogen (secondary N) is 1. The fourth-order valence-electron chi connectivity index (χ4n) is 6.29. The van der Waals surface area contributed by atoms with Crippen LogP contribution in [0.1, 0.15) is 219 Å². The van der Waals surface area contributed by atoms with Gasteiger partial charge in [-0.3, -0.25) is 0 Å². The van der Waals surface area contributed by atoms with Crippen molar-refractivity contribution in [2.75, 3.05) is 19.6 Å². The molecular formula is C40H80N2S. The Kier molecular flexibility index (Phi) is 37.1. The topological polar surface area (TPSA) is 15.3 Å². The molecule has 256 valence electrons. The van der Waals surface area contributed by atoms with Gasteiger partial charge in [0.1, 0.15) is 0 Å². The van der Waals surface area contributed by atoms with Crippen molar-refractivity contribution >= 4 is 17.3 Å². The van der Waals surface area contributed by atoms with Crippen molar-refractivity contribution in [1.82, 2.24) is 10.2 Å². The monoisotopic (exact) mass is 621 g/mol. The first-order chi connectivity index (χ1) is 21.3. The second-order valence-electron chi connectivity index (χ2n) is 13.6. The van der Waals surface area contributed by atoms with E-state index in [9.17, 15) is 0 Å². The maximum absolute atomic E-state index is 5.73. The second-order valence-corrected chi connectivity index (χ2v) is 14.0. The Morgan fingerprint density at radius 1 is 0.442 bits per heavy atom. The van der Waals surface area contributed by atoms with Gasteiger partial charge in [0.25, 0.3) is 0 Å². The molecule has 0 aromatic carbocycles. The summed E-state index contributed by atoms with van der Waals surface area (Å²) < 4.78 is 0. The molecule has 0 amide bonds. The third-order valence-electron chi connectivity index (χ3n) is 9.25. The fourth-order valence-corrected chi connectivity index (χ4v) is 6.55. The molecule has 0 aromatic rings. The molecule has 0 saturated heterocycles. The highest BCUT2D eigenvalue weighted by Gasteiger charge is 2.08. The molecule has 0 unspecified atom stereocenters. The zero-order chi connectivity index (χ0) is 31.3. The minimum Gasteiger partial charge on any atom is -0.359 e. The molecule has 0 fully saturated rings. The molecule has 0 heterocycles. The third kappa shape index (κ3) is 34.1. The molecule has 1 N–H and O–H groups in total. The predicted octanol–water partition coefficient (Wildman–Crippen LogP) is 13.9. The van der Waals surface area contributed by atoms with Crippen molar-refractivity contribution in [2.45, 2.75) is 219 Å². The van der Waals surface area contributed by atoms with E-state index in [2.05, 4.69) is 30.6 Å². The molecule has 0 bridgehead atoms. The van der Waals surface area contributed by atoms with Crippen LogP contribution in [-0.4, -0.2) is 29.6 Å². The Balaban J connectivity index is 3.66. The Bertz CT molecular complexity index is 513. The van der Waals surface area contributed by atoms with Gasteiger partial charge in [-0.05, 0) is 25.1 Å². The Morgan fingerprint density at radius 3 is 0.907 bits per heavy atom. The first kappa shape index (κ1) is 42.4. The van der Waals surface area contributed by atoms with E-state index in [1.165, 1.54) is 205 Å². The van der Waals surface area contributed by atoms with Crippen LogP contribution in [0.4, 0.5) is 0 Å². The summed E-state index contributed by atoms with van der Waals surface area (Å²) in [5, 5.41) is 4.31. The molecule has 0 aliphatic rings. The van der Waals surface area contributed by atoms with Crippen LogP contribution >= 0.6 is 12.2 Å². The summed E-state index contributed by atoms with van der Waals surface area (Å²) in [6.07, 6.45) is 47.4. The molecule has 0 aliphatic heterocycles. The van der Waals surface area contributed by atoms with Crippen LogP contribution < -0.4 is 5.32 Å². The summed E-state index contributed by atoms with van der Waals surface area (Å²) in [4.78, 5) is 2.44. The third-order valence-corrected chi connectivity index (χ3v) is 9.65. The molecule has 0 spiro atoms. The SMILES string of the molecule is C=CCNC(=S)N(CCCCCCCCCCCCCCCCCC)CCCCCCCCCCCCCCCCCC. The van der Waals surface area contributed by atoms with Crippen molar-refractivity contribution in [2.24, 2.45) is 0 Å². The number of hydrogen-bond acceptors (Lipinski definition) is 1. The summed E-state index contributed by atoms with van der Waals surface area (Å²) >= 11 is 5.73. The van der Waals surface area contributed by atoms with Gasteiger partial charge in [-0.25, -0.2) is 0 Å².